The van der Waals surface area contributed by atoms with E-state index in [0.29, 0.717) is 17.0 Å². The minimum absolute atomic E-state index is 0.0645. The molecule has 0 heterocycles. The van der Waals surface area contributed by atoms with Crippen LogP contribution in [0, 0.1) is 0 Å². The summed E-state index contributed by atoms with van der Waals surface area (Å²) in [6, 6.07) is 12.4. The Labute approximate surface area is 164 Å². The Balaban J connectivity index is 1.84. The number of methoxy groups -OCH3 is 1. The van der Waals surface area contributed by atoms with Crippen molar-refractivity contribution in [3.63, 3.8) is 0 Å². The molecular formula is C20H23NO6S. The van der Waals surface area contributed by atoms with E-state index in [9.17, 15) is 18.0 Å². The maximum absolute atomic E-state index is 12.3. The van der Waals surface area contributed by atoms with Crippen LogP contribution in [0.5, 0.6) is 5.75 Å². The summed E-state index contributed by atoms with van der Waals surface area (Å²) in [6.45, 7) is 2.01. The van der Waals surface area contributed by atoms with E-state index < -0.39 is 15.8 Å². The van der Waals surface area contributed by atoms with Crippen LogP contribution >= 0.6 is 0 Å². The highest BCUT2D eigenvalue weighted by Gasteiger charge is 2.15. The standard InChI is InChI=1S/C20H23NO6S/c1-3-27-20(23)15-6-8-16(9-7-15)21-19(22)5-4-14-28(24,25)18-12-10-17(26-2)11-13-18/h6-13H,3-5,14H2,1-2H3,(H,21,22). The molecule has 0 aliphatic rings. The molecule has 8 heteroatoms. The van der Waals surface area contributed by atoms with Gasteiger partial charge in [0.15, 0.2) is 9.84 Å². The maximum Gasteiger partial charge on any atom is 0.338 e. The lowest BCUT2D eigenvalue weighted by Gasteiger charge is -2.08. The smallest absolute Gasteiger partial charge is 0.338 e. The van der Waals surface area contributed by atoms with E-state index in [2.05, 4.69) is 5.32 Å². The molecule has 0 bridgehead atoms. The average Bonchev–Trinajstić information content (AvgIpc) is 2.68. The number of amides is 1. The first-order valence-electron chi connectivity index (χ1n) is 8.79. The van der Waals surface area contributed by atoms with Crippen LogP contribution < -0.4 is 10.1 Å². The molecule has 0 spiro atoms. The van der Waals surface area contributed by atoms with Crippen molar-refractivity contribution >= 4 is 27.4 Å². The van der Waals surface area contributed by atoms with Crippen molar-refractivity contribution in [2.24, 2.45) is 0 Å². The van der Waals surface area contributed by atoms with Crippen LogP contribution in [0.1, 0.15) is 30.1 Å². The average molecular weight is 405 g/mol. The highest BCUT2D eigenvalue weighted by Crippen LogP contribution is 2.18. The molecule has 28 heavy (non-hydrogen) atoms. The van der Waals surface area contributed by atoms with E-state index >= 15 is 0 Å². The van der Waals surface area contributed by atoms with Crippen molar-refractivity contribution in [2.75, 3.05) is 24.8 Å². The summed E-state index contributed by atoms with van der Waals surface area (Å²) in [4.78, 5) is 23.8. The van der Waals surface area contributed by atoms with Crippen molar-refractivity contribution < 1.29 is 27.5 Å². The molecule has 150 valence electrons. The molecule has 0 fully saturated rings. The highest BCUT2D eigenvalue weighted by atomic mass is 32.2. The van der Waals surface area contributed by atoms with Gasteiger partial charge in [-0.25, -0.2) is 13.2 Å². The van der Waals surface area contributed by atoms with Crippen LogP contribution in [0.15, 0.2) is 53.4 Å². The molecule has 2 aromatic rings. The van der Waals surface area contributed by atoms with Gasteiger partial charge in [-0.1, -0.05) is 0 Å². The third kappa shape index (κ3) is 6.09. The van der Waals surface area contributed by atoms with Gasteiger partial charge in [-0.2, -0.15) is 0 Å². The highest BCUT2D eigenvalue weighted by molar-refractivity contribution is 7.91. The van der Waals surface area contributed by atoms with Crippen molar-refractivity contribution in [3.05, 3.63) is 54.1 Å². The summed E-state index contributed by atoms with van der Waals surface area (Å²) in [5.74, 6) is -0.278. The molecule has 0 saturated heterocycles. The quantitative estimate of drug-likeness (QED) is 0.644. The van der Waals surface area contributed by atoms with Gasteiger partial charge in [-0.15, -0.1) is 0 Å². The van der Waals surface area contributed by atoms with Crippen LogP contribution in [0.4, 0.5) is 5.69 Å². The molecular weight excluding hydrogens is 382 g/mol. The summed E-state index contributed by atoms with van der Waals surface area (Å²) >= 11 is 0. The molecule has 1 N–H and O–H groups in total. The van der Waals surface area contributed by atoms with Crippen LogP contribution in [0.3, 0.4) is 0 Å². The number of benzene rings is 2. The second-order valence-electron chi connectivity index (χ2n) is 5.94. The summed E-state index contributed by atoms with van der Waals surface area (Å²) in [5, 5.41) is 2.68. The lowest BCUT2D eigenvalue weighted by Crippen LogP contribution is -2.14. The van der Waals surface area contributed by atoms with Crippen molar-refractivity contribution in [3.8, 4) is 5.75 Å². The molecule has 7 nitrogen and oxygen atoms in total. The zero-order chi connectivity index (χ0) is 20.6. The molecule has 1 amide bonds. The van der Waals surface area contributed by atoms with E-state index in [1.54, 1.807) is 43.3 Å². The van der Waals surface area contributed by atoms with E-state index in [4.69, 9.17) is 9.47 Å². The fourth-order valence-corrected chi connectivity index (χ4v) is 3.76. The van der Waals surface area contributed by atoms with Gasteiger partial charge in [-0.05, 0) is 61.9 Å². The summed E-state index contributed by atoms with van der Waals surface area (Å²) in [7, 11) is -1.95. The van der Waals surface area contributed by atoms with Gasteiger partial charge in [-0.3, -0.25) is 4.79 Å². The molecule has 0 unspecified atom stereocenters. The number of rotatable bonds is 9. The van der Waals surface area contributed by atoms with E-state index in [-0.39, 0.29) is 36.0 Å². The molecule has 0 aliphatic heterocycles. The Hall–Kier alpha value is -2.87. The first-order chi connectivity index (χ1) is 13.4. The molecule has 0 aliphatic carbocycles. The summed E-state index contributed by atoms with van der Waals surface area (Å²) in [6.07, 6.45) is 0.260. The number of esters is 1. The number of anilines is 1. The Morgan fingerprint density at radius 3 is 2.21 bits per heavy atom. The van der Waals surface area contributed by atoms with E-state index in [1.807, 2.05) is 0 Å². The Morgan fingerprint density at radius 2 is 1.64 bits per heavy atom. The van der Waals surface area contributed by atoms with E-state index in [1.165, 1.54) is 19.2 Å². The maximum atomic E-state index is 12.3. The SMILES string of the molecule is CCOC(=O)c1ccc(NC(=O)CCCS(=O)(=O)c2ccc(OC)cc2)cc1. The normalized spacial score (nSPS) is 10.9. The second-order valence-corrected chi connectivity index (χ2v) is 8.05. The van der Waals surface area contributed by atoms with Crippen LogP contribution in [-0.2, 0) is 19.4 Å². The van der Waals surface area contributed by atoms with Gasteiger partial charge in [0.25, 0.3) is 0 Å². The monoisotopic (exact) mass is 405 g/mol. The topological polar surface area (TPSA) is 98.8 Å². The lowest BCUT2D eigenvalue weighted by atomic mass is 10.2. The number of hydrogen-bond acceptors (Lipinski definition) is 6. The predicted molar refractivity (Wildman–Crippen MR) is 105 cm³/mol. The first-order valence-corrected chi connectivity index (χ1v) is 10.4. The van der Waals surface area contributed by atoms with Gasteiger partial charge in [0.1, 0.15) is 5.75 Å². The Bertz CT molecular complexity index is 905. The molecule has 2 rings (SSSR count). The molecule has 0 atom stereocenters. The van der Waals surface area contributed by atoms with E-state index in [0.717, 1.165) is 0 Å². The van der Waals surface area contributed by atoms with Crippen molar-refractivity contribution in [1.29, 1.82) is 0 Å². The molecule has 0 radical (unpaired) electrons. The third-order valence-electron chi connectivity index (χ3n) is 3.92. The Morgan fingerprint density at radius 1 is 1.00 bits per heavy atom. The minimum atomic E-state index is -3.46. The predicted octanol–water partition coefficient (Wildman–Crippen LogP) is 3.06. The van der Waals surface area contributed by atoms with Gasteiger partial charge in [0, 0.05) is 12.1 Å². The van der Waals surface area contributed by atoms with Gasteiger partial charge in [0.05, 0.1) is 29.9 Å². The van der Waals surface area contributed by atoms with Crippen LogP contribution in [0.2, 0.25) is 0 Å². The van der Waals surface area contributed by atoms with Gasteiger partial charge in [0.2, 0.25) is 5.91 Å². The van der Waals surface area contributed by atoms with Gasteiger partial charge >= 0.3 is 5.97 Å². The van der Waals surface area contributed by atoms with Crippen LogP contribution in [-0.4, -0.2) is 39.8 Å². The molecule has 0 saturated carbocycles. The largest absolute Gasteiger partial charge is 0.497 e. The number of sulfone groups is 1. The minimum Gasteiger partial charge on any atom is -0.497 e. The lowest BCUT2D eigenvalue weighted by molar-refractivity contribution is -0.116. The van der Waals surface area contributed by atoms with Crippen LogP contribution in [0.25, 0.3) is 0 Å². The third-order valence-corrected chi connectivity index (χ3v) is 5.73. The Kier molecular flexibility index (Phi) is 7.57. The number of carbonyl (C=O) groups excluding carboxylic acids is 2. The summed E-state index contributed by atoms with van der Waals surface area (Å²) < 4.78 is 34.5. The van der Waals surface area contributed by atoms with Gasteiger partial charge < -0.3 is 14.8 Å². The fourth-order valence-electron chi connectivity index (χ4n) is 2.45. The van der Waals surface area contributed by atoms with Crippen molar-refractivity contribution in [1.82, 2.24) is 0 Å². The molecule has 2 aromatic carbocycles. The first kappa shape index (κ1) is 21.4. The number of nitrogens with one attached hydrogen (secondary N) is 1. The number of ether oxygens (including phenoxy) is 2. The van der Waals surface area contributed by atoms with Crippen molar-refractivity contribution in [2.45, 2.75) is 24.7 Å². The second kappa shape index (κ2) is 9.89. The molecule has 0 aromatic heterocycles. The summed E-state index contributed by atoms with van der Waals surface area (Å²) in [5.41, 5.74) is 0.918. The number of carbonyl (C=O) groups is 2. The zero-order valence-electron chi connectivity index (χ0n) is 15.8. The zero-order valence-corrected chi connectivity index (χ0v) is 16.6. The number of hydrogen-bond donors (Lipinski definition) is 1. The fraction of sp³-hybridized carbons (Fsp3) is 0.300.